The summed E-state index contributed by atoms with van der Waals surface area (Å²) < 4.78 is 5.10. The number of esters is 1. The molecule has 0 aliphatic rings. The highest BCUT2D eigenvalue weighted by Gasteiger charge is 2.15. The summed E-state index contributed by atoms with van der Waals surface area (Å²) in [4.78, 5) is 10.7. The molecule has 0 fully saturated rings. The number of hydrogen-bond donors (Lipinski definition) is 0. The predicted octanol–water partition coefficient (Wildman–Crippen LogP) is 3.24. The lowest BCUT2D eigenvalue weighted by atomic mass is 10.1. The molecule has 80 valence electrons. The molecule has 0 unspecified atom stereocenters. The van der Waals surface area contributed by atoms with Crippen LogP contribution in [0.3, 0.4) is 0 Å². The second-order valence-corrected chi connectivity index (χ2v) is 3.75. The van der Waals surface area contributed by atoms with Gasteiger partial charge >= 0.3 is 5.97 Å². The zero-order valence-electron chi connectivity index (χ0n) is 9.54. The van der Waals surface area contributed by atoms with Crippen molar-refractivity contribution in [2.45, 2.75) is 46.1 Å². The first kappa shape index (κ1) is 12.9. The Morgan fingerprint density at radius 3 is 2.36 bits per heavy atom. The average Bonchev–Trinajstić information content (AvgIpc) is 2.01. The average molecular weight is 196 g/mol. The van der Waals surface area contributed by atoms with Gasteiger partial charge in [0, 0.05) is 6.92 Å². The maximum atomic E-state index is 10.7. The summed E-state index contributed by atoms with van der Waals surface area (Å²) >= 11 is 0. The molecule has 0 aromatic rings. The Kier molecular flexibility index (Phi) is 5.93. The van der Waals surface area contributed by atoms with Crippen molar-refractivity contribution in [2.24, 2.45) is 0 Å². The van der Waals surface area contributed by atoms with Crippen molar-refractivity contribution in [2.75, 3.05) is 0 Å². The highest BCUT2D eigenvalue weighted by molar-refractivity contribution is 5.66. The zero-order valence-corrected chi connectivity index (χ0v) is 9.54. The van der Waals surface area contributed by atoms with Gasteiger partial charge in [-0.3, -0.25) is 4.79 Å². The lowest BCUT2D eigenvalue weighted by Crippen LogP contribution is -2.23. The summed E-state index contributed by atoms with van der Waals surface area (Å²) in [6.45, 7) is 7.18. The lowest BCUT2D eigenvalue weighted by Gasteiger charge is -2.19. The normalized spacial score (nSPS) is 12.6. The number of allylic oxidation sites excluding steroid dienone is 3. The van der Waals surface area contributed by atoms with Gasteiger partial charge in [0.25, 0.3) is 0 Å². The Balaban J connectivity index is 3.88. The standard InChI is InChI=1S/C12H20O2/c1-5-6-7-8-9-10-12(3,4)14-11(2)13/h5-6,9-10H,7-8H2,1-4H3/b6-5+,10-9+. The Labute approximate surface area is 86.6 Å². The minimum atomic E-state index is -0.484. The molecule has 14 heavy (non-hydrogen) atoms. The van der Waals surface area contributed by atoms with Crippen LogP contribution in [0.15, 0.2) is 24.3 Å². The molecule has 0 radical (unpaired) electrons. The van der Waals surface area contributed by atoms with Gasteiger partial charge in [-0.25, -0.2) is 0 Å². The number of ether oxygens (including phenoxy) is 1. The van der Waals surface area contributed by atoms with Crippen LogP contribution in [-0.4, -0.2) is 11.6 Å². The fourth-order valence-electron chi connectivity index (χ4n) is 1.13. The van der Waals surface area contributed by atoms with E-state index in [1.54, 1.807) is 0 Å². The third kappa shape index (κ3) is 7.59. The topological polar surface area (TPSA) is 26.3 Å². The molecule has 0 heterocycles. The smallest absolute Gasteiger partial charge is 0.303 e. The van der Waals surface area contributed by atoms with Crippen LogP contribution in [0.25, 0.3) is 0 Å². The van der Waals surface area contributed by atoms with Crippen LogP contribution in [0.5, 0.6) is 0 Å². The summed E-state index contributed by atoms with van der Waals surface area (Å²) in [5, 5.41) is 0. The van der Waals surface area contributed by atoms with Crippen molar-refractivity contribution < 1.29 is 9.53 Å². The highest BCUT2D eigenvalue weighted by Crippen LogP contribution is 2.12. The van der Waals surface area contributed by atoms with E-state index in [9.17, 15) is 4.79 Å². The Hall–Kier alpha value is -1.05. The fourth-order valence-corrected chi connectivity index (χ4v) is 1.13. The first-order chi connectivity index (χ1) is 6.48. The zero-order chi connectivity index (χ0) is 11.0. The van der Waals surface area contributed by atoms with Gasteiger partial charge in [0.15, 0.2) is 0 Å². The minimum Gasteiger partial charge on any atom is -0.456 e. The Bertz CT molecular complexity index is 224. The van der Waals surface area contributed by atoms with Gasteiger partial charge in [-0.1, -0.05) is 18.2 Å². The number of hydrogen-bond acceptors (Lipinski definition) is 2. The van der Waals surface area contributed by atoms with Gasteiger partial charge in [-0.2, -0.15) is 0 Å². The van der Waals surface area contributed by atoms with Gasteiger partial charge in [0.1, 0.15) is 5.60 Å². The monoisotopic (exact) mass is 196 g/mol. The SMILES string of the molecule is C/C=C/CC/C=C/C(C)(C)OC(C)=O. The molecule has 0 amide bonds. The third-order valence-electron chi connectivity index (χ3n) is 1.66. The van der Waals surface area contributed by atoms with Crippen LogP contribution in [-0.2, 0) is 9.53 Å². The van der Waals surface area contributed by atoms with Crippen molar-refractivity contribution in [1.29, 1.82) is 0 Å². The molecule has 0 aliphatic carbocycles. The molecule has 0 aromatic heterocycles. The molecular weight excluding hydrogens is 176 g/mol. The van der Waals surface area contributed by atoms with Crippen molar-refractivity contribution in [3.05, 3.63) is 24.3 Å². The molecule has 0 aliphatic heterocycles. The molecular formula is C12H20O2. The van der Waals surface area contributed by atoms with Crippen molar-refractivity contribution in [1.82, 2.24) is 0 Å². The minimum absolute atomic E-state index is 0.242. The van der Waals surface area contributed by atoms with Crippen molar-refractivity contribution in [3.63, 3.8) is 0 Å². The van der Waals surface area contributed by atoms with E-state index >= 15 is 0 Å². The van der Waals surface area contributed by atoms with E-state index in [4.69, 9.17) is 4.74 Å². The molecule has 2 heteroatoms. The summed E-state index contributed by atoms with van der Waals surface area (Å²) in [5.74, 6) is -0.242. The van der Waals surface area contributed by atoms with Crippen LogP contribution in [0.4, 0.5) is 0 Å². The molecule has 0 saturated carbocycles. The van der Waals surface area contributed by atoms with Crippen molar-refractivity contribution in [3.8, 4) is 0 Å². The molecule has 0 saturated heterocycles. The molecule has 0 N–H and O–H groups in total. The van der Waals surface area contributed by atoms with Crippen LogP contribution < -0.4 is 0 Å². The predicted molar refractivity (Wildman–Crippen MR) is 59.0 cm³/mol. The van der Waals surface area contributed by atoms with Gasteiger partial charge in [-0.15, -0.1) is 0 Å². The van der Waals surface area contributed by atoms with Crippen molar-refractivity contribution >= 4 is 5.97 Å². The van der Waals surface area contributed by atoms with Crippen LogP contribution in [0.1, 0.15) is 40.5 Å². The second kappa shape index (κ2) is 6.41. The summed E-state index contributed by atoms with van der Waals surface area (Å²) in [5.41, 5.74) is -0.484. The summed E-state index contributed by atoms with van der Waals surface area (Å²) in [7, 11) is 0. The van der Waals surface area contributed by atoms with Crippen LogP contribution >= 0.6 is 0 Å². The van der Waals surface area contributed by atoms with E-state index in [1.165, 1.54) is 6.92 Å². The van der Waals surface area contributed by atoms with E-state index in [0.717, 1.165) is 12.8 Å². The first-order valence-corrected chi connectivity index (χ1v) is 4.96. The molecule has 0 spiro atoms. The van der Waals surface area contributed by atoms with E-state index in [-0.39, 0.29) is 5.97 Å². The summed E-state index contributed by atoms with van der Waals surface area (Å²) in [6, 6.07) is 0. The van der Waals surface area contributed by atoms with E-state index in [1.807, 2.05) is 39.0 Å². The molecule has 0 aromatic carbocycles. The quantitative estimate of drug-likeness (QED) is 0.383. The van der Waals surface area contributed by atoms with E-state index in [0.29, 0.717) is 0 Å². The Morgan fingerprint density at radius 2 is 1.86 bits per heavy atom. The molecule has 0 rings (SSSR count). The molecule has 0 atom stereocenters. The lowest BCUT2D eigenvalue weighted by molar-refractivity contribution is -0.149. The third-order valence-corrected chi connectivity index (χ3v) is 1.66. The number of carbonyl (C=O) groups is 1. The number of carbonyl (C=O) groups excluding carboxylic acids is 1. The van der Waals surface area contributed by atoms with Gasteiger partial charge in [-0.05, 0) is 39.7 Å². The number of unbranched alkanes of at least 4 members (excludes halogenated alkanes) is 1. The molecule has 0 bridgehead atoms. The molecule has 2 nitrogen and oxygen atoms in total. The van der Waals surface area contributed by atoms with Crippen LogP contribution in [0.2, 0.25) is 0 Å². The number of rotatable bonds is 5. The maximum absolute atomic E-state index is 10.7. The largest absolute Gasteiger partial charge is 0.456 e. The second-order valence-electron chi connectivity index (χ2n) is 3.75. The van der Waals surface area contributed by atoms with Crippen LogP contribution in [0, 0.1) is 0 Å². The van der Waals surface area contributed by atoms with E-state index < -0.39 is 5.60 Å². The summed E-state index contributed by atoms with van der Waals surface area (Å²) in [6.07, 6.45) is 10.1. The first-order valence-electron chi connectivity index (χ1n) is 4.96. The van der Waals surface area contributed by atoms with Gasteiger partial charge in [0.2, 0.25) is 0 Å². The van der Waals surface area contributed by atoms with Gasteiger partial charge < -0.3 is 4.74 Å². The fraction of sp³-hybridized carbons (Fsp3) is 0.583. The maximum Gasteiger partial charge on any atom is 0.303 e. The van der Waals surface area contributed by atoms with E-state index in [2.05, 4.69) is 6.08 Å². The highest BCUT2D eigenvalue weighted by atomic mass is 16.6. The van der Waals surface area contributed by atoms with Gasteiger partial charge in [0.05, 0.1) is 0 Å². The Morgan fingerprint density at radius 1 is 1.29 bits per heavy atom.